The molecule has 0 aliphatic carbocycles. The van der Waals surface area contributed by atoms with E-state index in [2.05, 4.69) is 10.3 Å². The molecule has 0 bridgehead atoms. The Hall–Kier alpha value is -2.66. The van der Waals surface area contributed by atoms with Crippen molar-refractivity contribution in [3.63, 3.8) is 0 Å². The van der Waals surface area contributed by atoms with Crippen LogP contribution in [0, 0.1) is 24.0 Å². The number of hydrogen-bond acceptors (Lipinski definition) is 4. The quantitative estimate of drug-likeness (QED) is 0.533. The van der Waals surface area contributed by atoms with E-state index in [-0.39, 0.29) is 5.69 Å². The number of nitrogens with zero attached hydrogens (tertiary/aromatic N) is 2. The summed E-state index contributed by atoms with van der Waals surface area (Å²) >= 11 is 6.15. The Morgan fingerprint density at radius 3 is 2.61 bits per heavy atom. The molecule has 0 spiro atoms. The molecule has 1 aromatic heterocycles. The minimum Gasteiger partial charge on any atom is -0.354 e. The van der Waals surface area contributed by atoms with E-state index in [1.165, 1.54) is 17.7 Å². The van der Waals surface area contributed by atoms with Gasteiger partial charge in [-0.1, -0.05) is 23.7 Å². The Bertz CT molecular complexity index is 925. The Labute approximate surface area is 138 Å². The van der Waals surface area contributed by atoms with E-state index in [0.29, 0.717) is 10.7 Å². The van der Waals surface area contributed by atoms with E-state index in [1.807, 2.05) is 32.0 Å². The van der Waals surface area contributed by atoms with Crippen LogP contribution in [0.15, 0.2) is 42.6 Å². The molecule has 0 unspecified atom stereocenters. The number of nitro groups is 1. The summed E-state index contributed by atoms with van der Waals surface area (Å²) in [4.78, 5) is 14.8. The van der Waals surface area contributed by atoms with E-state index >= 15 is 0 Å². The molecule has 116 valence electrons. The lowest BCUT2D eigenvalue weighted by Crippen LogP contribution is -1.96. The van der Waals surface area contributed by atoms with E-state index in [9.17, 15) is 10.1 Å². The van der Waals surface area contributed by atoms with Gasteiger partial charge in [-0.15, -0.1) is 0 Å². The molecule has 0 aliphatic rings. The summed E-state index contributed by atoms with van der Waals surface area (Å²) in [7, 11) is 0. The first kappa shape index (κ1) is 15.2. The fraction of sp³-hybridized carbons (Fsp3) is 0.118. The lowest BCUT2D eigenvalue weighted by Gasteiger charge is -2.12. The number of pyridine rings is 1. The van der Waals surface area contributed by atoms with Crippen molar-refractivity contribution >= 4 is 39.6 Å². The fourth-order valence-electron chi connectivity index (χ4n) is 2.43. The number of rotatable bonds is 3. The minimum atomic E-state index is -0.469. The predicted octanol–water partition coefficient (Wildman–Crippen LogP) is 5.16. The lowest BCUT2D eigenvalue weighted by atomic mass is 10.0. The highest BCUT2D eigenvalue weighted by molar-refractivity contribution is 6.33. The van der Waals surface area contributed by atoms with Gasteiger partial charge in [-0.05, 0) is 37.1 Å². The fourth-order valence-corrected chi connectivity index (χ4v) is 2.66. The molecule has 0 amide bonds. The van der Waals surface area contributed by atoms with Gasteiger partial charge in [0.25, 0.3) is 5.69 Å². The molecule has 0 radical (unpaired) electrons. The standard InChI is InChI=1S/C17H14ClN3O2/c1-10-3-5-13-15(7-8-19-17(13)11(10)2)20-16-6-4-12(21(22)23)9-14(16)18/h3-9H,1-2H3,(H,19,20). The van der Waals surface area contributed by atoms with Crippen molar-refractivity contribution in [1.29, 1.82) is 0 Å². The monoisotopic (exact) mass is 327 g/mol. The third-order valence-electron chi connectivity index (χ3n) is 3.87. The van der Waals surface area contributed by atoms with Crippen molar-refractivity contribution in [1.82, 2.24) is 4.98 Å². The number of nitrogens with one attached hydrogen (secondary N) is 1. The number of aromatic nitrogens is 1. The Morgan fingerprint density at radius 1 is 1.13 bits per heavy atom. The molecular formula is C17H14ClN3O2. The molecule has 3 aromatic rings. The van der Waals surface area contributed by atoms with Gasteiger partial charge in [-0.3, -0.25) is 15.1 Å². The molecular weight excluding hydrogens is 314 g/mol. The zero-order chi connectivity index (χ0) is 16.6. The van der Waals surface area contributed by atoms with Gasteiger partial charge < -0.3 is 5.32 Å². The third kappa shape index (κ3) is 2.83. The SMILES string of the molecule is Cc1ccc2c(Nc3ccc([N+](=O)[O-])cc3Cl)ccnc2c1C. The Morgan fingerprint density at radius 2 is 1.91 bits per heavy atom. The van der Waals surface area contributed by atoms with Crippen LogP contribution in [0.5, 0.6) is 0 Å². The van der Waals surface area contributed by atoms with Gasteiger partial charge in [0, 0.05) is 29.4 Å². The van der Waals surface area contributed by atoms with Crippen LogP contribution in [0.3, 0.4) is 0 Å². The van der Waals surface area contributed by atoms with Crippen LogP contribution in [0.25, 0.3) is 10.9 Å². The van der Waals surface area contributed by atoms with Crippen molar-refractivity contribution in [2.24, 2.45) is 0 Å². The molecule has 3 rings (SSSR count). The zero-order valence-electron chi connectivity index (χ0n) is 12.6. The summed E-state index contributed by atoms with van der Waals surface area (Å²) in [5, 5.41) is 15.3. The van der Waals surface area contributed by atoms with Gasteiger partial charge in [0.2, 0.25) is 0 Å². The molecule has 6 heteroatoms. The van der Waals surface area contributed by atoms with Crippen LogP contribution in [0.2, 0.25) is 5.02 Å². The summed E-state index contributed by atoms with van der Waals surface area (Å²) in [5.74, 6) is 0. The number of anilines is 2. The number of aryl methyl sites for hydroxylation is 2. The first-order valence-corrected chi connectivity index (χ1v) is 7.41. The highest BCUT2D eigenvalue weighted by atomic mass is 35.5. The molecule has 1 heterocycles. The predicted molar refractivity (Wildman–Crippen MR) is 92.6 cm³/mol. The van der Waals surface area contributed by atoms with E-state index in [4.69, 9.17) is 11.6 Å². The van der Waals surface area contributed by atoms with Crippen molar-refractivity contribution in [2.75, 3.05) is 5.32 Å². The van der Waals surface area contributed by atoms with Crippen LogP contribution >= 0.6 is 11.6 Å². The summed E-state index contributed by atoms with van der Waals surface area (Å²) < 4.78 is 0. The molecule has 0 aliphatic heterocycles. The van der Waals surface area contributed by atoms with Crippen LogP contribution in [0.4, 0.5) is 17.1 Å². The number of fused-ring (bicyclic) bond motifs is 1. The van der Waals surface area contributed by atoms with Gasteiger partial charge in [0.05, 0.1) is 21.2 Å². The average Bonchev–Trinajstić information content (AvgIpc) is 2.53. The number of hydrogen-bond donors (Lipinski definition) is 1. The highest BCUT2D eigenvalue weighted by Crippen LogP contribution is 2.32. The second-order valence-electron chi connectivity index (χ2n) is 5.31. The molecule has 0 saturated carbocycles. The largest absolute Gasteiger partial charge is 0.354 e. The van der Waals surface area contributed by atoms with Crippen LogP contribution < -0.4 is 5.32 Å². The van der Waals surface area contributed by atoms with Gasteiger partial charge in [-0.25, -0.2) is 0 Å². The number of nitro benzene ring substituents is 1. The molecule has 1 N–H and O–H groups in total. The third-order valence-corrected chi connectivity index (χ3v) is 4.18. The Kier molecular flexibility index (Phi) is 3.88. The topological polar surface area (TPSA) is 68.1 Å². The van der Waals surface area contributed by atoms with Crippen LogP contribution in [-0.4, -0.2) is 9.91 Å². The van der Waals surface area contributed by atoms with Crippen molar-refractivity contribution < 1.29 is 4.92 Å². The van der Waals surface area contributed by atoms with Crippen molar-refractivity contribution in [2.45, 2.75) is 13.8 Å². The lowest BCUT2D eigenvalue weighted by molar-refractivity contribution is -0.384. The van der Waals surface area contributed by atoms with Gasteiger partial charge in [-0.2, -0.15) is 0 Å². The number of benzene rings is 2. The number of halogens is 1. The van der Waals surface area contributed by atoms with Gasteiger partial charge in [0.1, 0.15) is 0 Å². The van der Waals surface area contributed by atoms with E-state index < -0.39 is 4.92 Å². The number of non-ortho nitro benzene ring substituents is 1. The average molecular weight is 328 g/mol. The van der Waals surface area contributed by atoms with Crippen molar-refractivity contribution in [3.05, 3.63) is 68.9 Å². The molecule has 0 saturated heterocycles. The van der Waals surface area contributed by atoms with Gasteiger partial charge in [0.15, 0.2) is 0 Å². The summed E-state index contributed by atoms with van der Waals surface area (Å²) in [6.07, 6.45) is 1.73. The van der Waals surface area contributed by atoms with Crippen LogP contribution in [0.1, 0.15) is 11.1 Å². The van der Waals surface area contributed by atoms with E-state index in [1.54, 1.807) is 12.3 Å². The molecule has 0 fully saturated rings. The minimum absolute atomic E-state index is 0.0356. The zero-order valence-corrected chi connectivity index (χ0v) is 13.4. The summed E-state index contributed by atoms with van der Waals surface area (Å²) in [6, 6.07) is 10.3. The maximum absolute atomic E-state index is 10.8. The summed E-state index contributed by atoms with van der Waals surface area (Å²) in [5.41, 5.74) is 4.66. The van der Waals surface area contributed by atoms with Gasteiger partial charge >= 0.3 is 0 Å². The second kappa shape index (κ2) is 5.85. The molecule has 2 aromatic carbocycles. The Balaban J connectivity index is 2.06. The molecule has 5 nitrogen and oxygen atoms in total. The van der Waals surface area contributed by atoms with E-state index in [0.717, 1.165) is 22.2 Å². The van der Waals surface area contributed by atoms with Crippen LogP contribution in [-0.2, 0) is 0 Å². The molecule has 23 heavy (non-hydrogen) atoms. The summed E-state index contributed by atoms with van der Waals surface area (Å²) in [6.45, 7) is 4.08. The maximum atomic E-state index is 10.8. The molecule has 0 atom stereocenters. The first-order chi connectivity index (χ1) is 11.0. The normalized spacial score (nSPS) is 10.7. The first-order valence-electron chi connectivity index (χ1n) is 7.03. The van der Waals surface area contributed by atoms with Crippen molar-refractivity contribution in [3.8, 4) is 0 Å². The maximum Gasteiger partial charge on any atom is 0.271 e. The smallest absolute Gasteiger partial charge is 0.271 e. The second-order valence-corrected chi connectivity index (χ2v) is 5.72. The highest BCUT2D eigenvalue weighted by Gasteiger charge is 2.11.